The van der Waals surface area contributed by atoms with Crippen molar-refractivity contribution < 1.29 is 8.95 Å². The van der Waals surface area contributed by atoms with E-state index < -0.39 is 10.8 Å². The van der Waals surface area contributed by atoms with Crippen LogP contribution in [-0.4, -0.2) is 41.0 Å². The lowest BCUT2D eigenvalue weighted by molar-refractivity contribution is 0.127. The van der Waals surface area contributed by atoms with E-state index in [0.29, 0.717) is 6.04 Å². The van der Waals surface area contributed by atoms with Crippen molar-refractivity contribution in [3.8, 4) is 0 Å². The summed E-state index contributed by atoms with van der Waals surface area (Å²) in [6.45, 7) is 4.91. The summed E-state index contributed by atoms with van der Waals surface area (Å²) >= 11 is 0. The van der Waals surface area contributed by atoms with Crippen LogP contribution >= 0.6 is 0 Å². The molecule has 3 nitrogen and oxygen atoms in total. The van der Waals surface area contributed by atoms with Gasteiger partial charge in [-0.1, -0.05) is 6.92 Å². The lowest BCUT2D eigenvalue weighted by atomic mass is 10.2. The van der Waals surface area contributed by atoms with Crippen LogP contribution < -0.4 is 5.32 Å². The van der Waals surface area contributed by atoms with Gasteiger partial charge >= 0.3 is 0 Å². The molecule has 0 aromatic carbocycles. The van der Waals surface area contributed by atoms with E-state index >= 15 is 0 Å². The van der Waals surface area contributed by atoms with Crippen LogP contribution in [0, 0.1) is 0 Å². The third-order valence-corrected chi connectivity index (χ3v) is 4.94. The maximum absolute atomic E-state index is 12.0. The number of hydrogen-bond donors (Lipinski definition) is 1. The molecule has 1 fully saturated rings. The zero-order valence-corrected chi connectivity index (χ0v) is 10.1. The van der Waals surface area contributed by atoms with E-state index in [1.165, 1.54) is 0 Å². The predicted molar refractivity (Wildman–Crippen MR) is 60.0 cm³/mol. The second-order valence-electron chi connectivity index (χ2n) is 3.84. The van der Waals surface area contributed by atoms with Crippen LogP contribution in [0.25, 0.3) is 0 Å². The maximum atomic E-state index is 12.0. The Hall–Kier alpha value is 0.0700. The normalized spacial score (nSPS) is 31.6. The first kappa shape index (κ1) is 12.1. The molecule has 0 saturated carbocycles. The average molecular weight is 219 g/mol. The summed E-state index contributed by atoms with van der Waals surface area (Å²) in [6, 6.07) is 0.378. The molecule has 4 unspecified atom stereocenters. The van der Waals surface area contributed by atoms with E-state index in [1.807, 2.05) is 14.0 Å². The Morgan fingerprint density at radius 3 is 2.79 bits per heavy atom. The summed E-state index contributed by atoms with van der Waals surface area (Å²) in [5.41, 5.74) is 0. The quantitative estimate of drug-likeness (QED) is 0.747. The average Bonchev–Trinajstić information content (AvgIpc) is 2.60. The number of ether oxygens (including phenoxy) is 1. The van der Waals surface area contributed by atoms with E-state index in [1.54, 1.807) is 0 Å². The lowest BCUT2D eigenvalue weighted by Gasteiger charge is -2.18. The molecule has 0 aromatic heterocycles. The molecule has 4 heteroatoms. The standard InChI is InChI=1S/C10H21NO2S/c1-4-9(11-3)7-14(12)10-5-6-13-8(10)2/h8-11H,4-7H2,1-3H3. The number of rotatable bonds is 5. The van der Waals surface area contributed by atoms with Gasteiger partial charge in [0.2, 0.25) is 0 Å². The summed E-state index contributed by atoms with van der Waals surface area (Å²) < 4.78 is 17.4. The van der Waals surface area contributed by atoms with Crippen LogP contribution in [0.1, 0.15) is 26.7 Å². The van der Waals surface area contributed by atoms with Gasteiger partial charge in [0.1, 0.15) is 0 Å². The van der Waals surface area contributed by atoms with E-state index in [-0.39, 0.29) is 11.4 Å². The molecule has 0 radical (unpaired) electrons. The van der Waals surface area contributed by atoms with Crippen molar-refractivity contribution in [2.75, 3.05) is 19.4 Å². The Bertz CT molecular complexity index is 195. The van der Waals surface area contributed by atoms with Crippen molar-refractivity contribution in [1.29, 1.82) is 0 Å². The van der Waals surface area contributed by atoms with Crippen LogP contribution in [0.4, 0.5) is 0 Å². The van der Waals surface area contributed by atoms with Crippen molar-refractivity contribution >= 4 is 10.8 Å². The van der Waals surface area contributed by atoms with Gasteiger partial charge in [0.15, 0.2) is 0 Å². The highest BCUT2D eigenvalue weighted by atomic mass is 32.2. The second kappa shape index (κ2) is 5.83. The van der Waals surface area contributed by atoms with Crippen LogP contribution in [0.2, 0.25) is 0 Å². The topological polar surface area (TPSA) is 38.3 Å². The Balaban J connectivity index is 2.40. The van der Waals surface area contributed by atoms with E-state index in [4.69, 9.17) is 4.74 Å². The van der Waals surface area contributed by atoms with Crippen molar-refractivity contribution in [2.45, 2.75) is 44.1 Å². The third-order valence-electron chi connectivity index (χ3n) is 2.91. The maximum Gasteiger partial charge on any atom is 0.0691 e. The molecule has 0 bridgehead atoms. The predicted octanol–water partition coefficient (Wildman–Crippen LogP) is 0.910. The van der Waals surface area contributed by atoms with E-state index in [9.17, 15) is 4.21 Å². The molecule has 1 aliphatic heterocycles. The van der Waals surface area contributed by atoms with Crippen molar-refractivity contribution in [2.24, 2.45) is 0 Å². The minimum atomic E-state index is -0.743. The van der Waals surface area contributed by atoms with Gasteiger partial charge in [-0.3, -0.25) is 4.21 Å². The highest BCUT2D eigenvalue weighted by Gasteiger charge is 2.30. The van der Waals surface area contributed by atoms with Gasteiger partial charge in [-0.2, -0.15) is 0 Å². The Labute approximate surface area is 89.1 Å². The SMILES string of the molecule is CCC(CS(=O)C1CCOC1C)NC. The molecule has 1 heterocycles. The van der Waals surface area contributed by atoms with Gasteiger partial charge in [-0.25, -0.2) is 0 Å². The van der Waals surface area contributed by atoms with Gasteiger partial charge in [0.05, 0.1) is 11.4 Å². The van der Waals surface area contributed by atoms with Crippen LogP contribution in [0.15, 0.2) is 0 Å². The smallest absolute Gasteiger partial charge is 0.0691 e. The lowest BCUT2D eigenvalue weighted by Crippen LogP contribution is -2.35. The molecule has 0 aliphatic carbocycles. The first-order chi connectivity index (χ1) is 6.69. The highest BCUT2D eigenvalue weighted by Crippen LogP contribution is 2.19. The summed E-state index contributed by atoms with van der Waals surface area (Å²) in [4.78, 5) is 0. The van der Waals surface area contributed by atoms with Crippen LogP contribution in [0.3, 0.4) is 0 Å². The minimum absolute atomic E-state index is 0.171. The van der Waals surface area contributed by atoms with Gasteiger partial charge in [0, 0.05) is 29.2 Å². The molecule has 0 aromatic rings. The fourth-order valence-corrected chi connectivity index (χ4v) is 3.70. The van der Waals surface area contributed by atoms with Crippen molar-refractivity contribution in [3.63, 3.8) is 0 Å². The molecule has 0 amide bonds. The van der Waals surface area contributed by atoms with Crippen molar-refractivity contribution in [3.05, 3.63) is 0 Å². The Morgan fingerprint density at radius 2 is 2.36 bits per heavy atom. The fraction of sp³-hybridized carbons (Fsp3) is 1.00. The van der Waals surface area contributed by atoms with E-state index in [2.05, 4.69) is 12.2 Å². The molecule has 1 saturated heterocycles. The minimum Gasteiger partial charge on any atom is -0.377 e. The zero-order chi connectivity index (χ0) is 10.6. The molecule has 0 spiro atoms. The Kier molecular flexibility index (Phi) is 5.06. The molecule has 1 aliphatic rings. The summed E-state index contributed by atoms with van der Waals surface area (Å²) in [7, 11) is 1.19. The molecule has 14 heavy (non-hydrogen) atoms. The largest absolute Gasteiger partial charge is 0.377 e. The molecular formula is C10H21NO2S. The second-order valence-corrected chi connectivity index (χ2v) is 5.54. The van der Waals surface area contributed by atoms with Gasteiger partial charge < -0.3 is 10.1 Å². The van der Waals surface area contributed by atoms with Gasteiger partial charge in [-0.05, 0) is 26.8 Å². The van der Waals surface area contributed by atoms with Gasteiger partial charge in [0.25, 0.3) is 0 Å². The Morgan fingerprint density at radius 1 is 1.64 bits per heavy atom. The molecule has 84 valence electrons. The molecular weight excluding hydrogens is 198 g/mol. The summed E-state index contributed by atoms with van der Waals surface area (Å²) in [5, 5.41) is 3.43. The highest BCUT2D eigenvalue weighted by molar-refractivity contribution is 7.85. The van der Waals surface area contributed by atoms with E-state index in [0.717, 1.165) is 25.2 Å². The van der Waals surface area contributed by atoms with Crippen molar-refractivity contribution in [1.82, 2.24) is 5.32 Å². The van der Waals surface area contributed by atoms with Gasteiger partial charge in [-0.15, -0.1) is 0 Å². The number of nitrogens with one attached hydrogen (secondary N) is 1. The number of hydrogen-bond acceptors (Lipinski definition) is 3. The molecule has 1 N–H and O–H groups in total. The first-order valence-corrected chi connectivity index (χ1v) is 6.73. The zero-order valence-electron chi connectivity index (χ0n) is 9.29. The molecule has 4 atom stereocenters. The first-order valence-electron chi connectivity index (χ1n) is 5.35. The fourth-order valence-electron chi connectivity index (χ4n) is 1.78. The molecule has 1 rings (SSSR count). The van der Waals surface area contributed by atoms with Crippen LogP contribution in [0.5, 0.6) is 0 Å². The summed E-state index contributed by atoms with van der Waals surface area (Å²) in [5.74, 6) is 0.755. The third kappa shape index (κ3) is 3.04. The summed E-state index contributed by atoms with van der Waals surface area (Å²) in [6.07, 6.45) is 2.16. The van der Waals surface area contributed by atoms with Crippen LogP contribution in [-0.2, 0) is 15.5 Å². The monoisotopic (exact) mass is 219 g/mol.